The summed E-state index contributed by atoms with van der Waals surface area (Å²) in [5, 5.41) is 5.57. The number of carbonyl (C=O) groups is 1. The van der Waals surface area contributed by atoms with Crippen LogP contribution in [0.15, 0.2) is 51.8 Å². The summed E-state index contributed by atoms with van der Waals surface area (Å²) in [4.78, 5) is 12.9. The second-order valence-corrected chi connectivity index (χ2v) is 10.8. The molecule has 1 fully saturated rings. The van der Waals surface area contributed by atoms with Gasteiger partial charge in [0.15, 0.2) is 5.11 Å². The number of hydrogen-bond acceptors (Lipinski definition) is 6. The van der Waals surface area contributed by atoms with E-state index in [9.17, 15) is 13.2 Å². The molecule has 1 heterocycles. The van der Waals surface area contributed by atoms with E-state index in [-0.39, 0.29) is 28.8 Å². The van der Waals surface area contributed by atoms with Crippen LogP contribution in [0, 0.1) is 0 Å². The molecule has 2 aromatic rings. The van der Waals surface area contributed by atoms with Gasteiger partial charge in [-0.15, -0.1) is 0 Å². The van der Waals surface area contributed by atoms with Gasteiger partial charge >= 0.3 is 0 Å². The Hall–Kier alpha value is -2.05. The highest BCUT2D eigenvalue weighted by Gasteiger charge is 2.20. The van der Waals surface area contributed by atoms with E-state index in [1.807, 2.05) is 13.8 Å². The van der Waals surface area contributed by atoms with Crippen molar-refractivity contribution in [2.24, 2.45) is 0 Å². The van der Waals surface area contributed by atoms with Gasteiger partial charge < -0.3 is 14.8 Å². The van der Waals surface area contributed by atoms with E-state index < -0.39 is 15.9 Å². The second kappa shape index (κ2) is 11.4. The molecule has 1 aliphatic rings. The number of benzene rings is 2. The molecule has 8 nitrogen and oxygen atoms in total. The molecule has 1 unspecified atom stereocenters. The van der Waals surface area contributed by atoms with Crippen LogP contribution in [0.4, 0.5) is 5.69 Å². The van der Waals surface area contributed by atoms with Gasteiger partial charge in [-0.25, -0.2) is 13.1 Å². The molecule has 0 aliphatic carbocycles. The first-order valence-electron chi connectivity index (χ1n) is 10.4. The Kier molecular flexibility index (Phi) is 8.82. The van der Waals surface area contributed by atoms with Crippen LogP contribution in [0.5, 0.6) is 5.75 Å². The minimum absolute atomic E-state index is 0.0718. The fourth-order valence-corrected chi connectivity index (χ4v) is 4.82. The highest BCUT2D eigenvalue weighted by molar-refractivity contribution is 9.10. The van der Waals surface area contributed by atoms with Crippen molar-refractivity contribution in [3.05, 3.63) is 52.5 Å². The van der Waals surface area contributed by atoms with Gasteiger partial charge in [0.25, 0.3) is 5.91 Å². The van der Waals surface area contributed by atoms with Crippen LogP contribution in [0.3, 0.4) is 0 Å². The summed E-state index contributed by atoms with van der Waals surface area (Å²) in [6.45, 7) is 4.66. The van der Waals surface area contributed by atoms with Crippen LogP contribution in [-0.4, -0.2) is 44.8 Å². The standard InChI is InChI=1S/C22H26BrN3O5S2/c1-14(2)31-20-10-5-15(23)12-19(20)21(27)26-22(32)25-16-6-8-18(9-7-16)33(28,29)24-13-17-4-3-11-30-17/h5-10,12,14,17,24H,3-4,11,13H2,1-2H3,(H2,25,26,27,32). The van der Waals surface area contributed by atoms with Gasteiger partial charge in [0, 0.05) is 23.3 Å². The van der Waals surface area contributed by atoms with Crippen molar-refractivity contribution < 1.29 is 22.7 Å². The normalized spacial score (nSPS) is 15.9. The van der Waals surface area contributed by atoms with Crippen molar-refractivity contribution >= 4 is 54.9 Å². The number of thiocarbonyl (C=S) groups is 1. The number of anilines is 1. The van der Waals surface area contributed by atoms with E-state index >= 15 is 0 Å². The van der Waals surface area contributed by atoms with Gasteiger partial charge in [0.1, 0.15) is 5.75 Å². The number of carbonyl (C=O) groups excluding carboxylic acids is 1. The van der Waals surface area contributed by atoms with E-state index in [2.05, 4.69) is 31.3 Å². The number of halogens is 1. The maximum Gasteiger partial charge on any atom is 0.261 e. The largest absolute Gasteiger partial charge is 0.490 e. The molecule has 0 aromatic heterocycles. The number of hydrogen-bond donors (Lipinski definition) is 3. The molecule has 2 aromatic carbocycles. The number of sulfonamides is 1. The molecule has 0 saturated carbocycles. The first-order valence-corrected chi connectivity index (χ1v) is 13.1. The smallest absolute Gasteiger partial charge is 0.261 e. The first kappa shape index (κ1) is 25.6. The van der Waals surface area contributed by atoms with E-state index in [0.717, 1.165) is 17.3 Å². The number of amides is 1. The summed E-state index contributed by atoms with van der Waals surface area (Å²) in [6.07, 6.45) is 1.60. The molecule has 178 valence electrons. The van der Waals surface area contributed by atoms with Crippen molar-refractivity contribution in [3.63, 3.8) is 0 Å². The van der Waals surface area contributed by atoms with Gasteiger partial charge in [0.05, 0.1) is 22.7 Å². The Morgan fingerprint density at radius 2 is 1.97 bits per heavy atom. The van der Waals surface area contributed by atoms with Crippen molar-refractivity contribution in [1.29, 1.82) is 0 Å². The lowest BCUT2D eigenvalue weighted by Crippen LogP contribution is -2.34. The second-order valence-electron chi connectivity index (χ2n) is 7.73. The van der Waals surface area contributed by atoms with Gasteiger partial charge in [-0.1, -0.05) is 15.9 Å². The molecule has 1 amide bonds. The Morgan fingerprint density at radius 1 is 1.24 bits per heavy atom. The van der Waals surface area contributed by atoms with Crippen LogP contribution in [0.2, 0.25) is 0 Å². The molecule has 3 rings (SSSR count). The van der Waals surface area contributed by atoms with Crippen molar-refractivity contribution in [2.45, 2.75) is 43.8 Å². The van der Waals surface area contributed by atoms with E-state index in [1.54, 1.807) is 30.3 Å². The number of nitrogens with one attached hydrogen (secondary N) is 3. The maximum atomic E-state index is 12.7. The van der Waals surface area contributed by atoms with Gasteiger partial charge in [0.2, 0.25) is 10.0 Å². The zero-order chi connectivity index (χ0) is 24.0. The highest BCUT2D eigenvalue weighted by atomic mass is 79.9. The average molecular weight is 557 g/mol. The predicted molar refractivity (Wildman–Crippen MR) is 134 cm³/mol. The quantitative estimate of drug-likeness (QED) is 0.425. The summed E-state index contributed by atoms with van der Waals surface area (Å²) < 4.78 is 39.4. The Labute approximate surface area is 207 Å². The van der Waals surface area contributed by atoms with E-state index in [4.69, 9.17) is 21.7 Å². The molecular weight excluding hydrogens is 530 g/mol. The van der Waals surface area contributed by atoms with Crippen molar-refractivity contribution in [1.82, 2.24) is 10.0 Å². The summed E-state index contributed by atoms with van der Waals surface area (Å²) in [5.74, 6) is 0.0144. The molecule has 0 bridgehead atoms. The summed E-state index contributed by atoms with van der Waals surface area (Å²) in [5.41, 5.74) is 0.868. The topological polar surface area (TPSA) is 106 Å². The molecule has 1 aliphatic heterocycles. The summed E-state index contributed by atoms with van der Waals surface area (Å²) in [7, 11) is -3.65. The monoisotopic (exact) mass is 555 g/mol. The van der Waals surface area contributed by atoms with Crippen molar-refractivity contribution in [2.75, 3.05) is 18.5 Å². The zero-order valence-corrected chi connectivity index (χ0v) is 21.5. The van der Waals surface area contributed by atoms with E-state index in [1.165, 1.54) is 12.1 Å². The first-order chi connectivity index (χ1) is 15.6. The Balaban J connectivity index is 1.59. The molecule has 0 radical (unpaired) electrons. The van der Waals surface area contributed by atoms with Gasteiger partial charge in [-0.05, 0) is 81.4 Å². The van der Waals surface area contributed by atoms with Crippen LogP contribution in [0.1, 0.15) is 37.0 Å². The molecule has 0 spiro atoms. The Bertz CT molecular complexity index is 1100. The molecule has 3 N–H and O–H groups in total. The average Bonchev–Trinajstić information content (AvgIpc) is 3.27. The minimum atomic E-state index is -3.65. The SMILES string of the molecule is CC(C)Oc1ccc(Br)cc1C(=O)NC(=S)Nc1ccc(S(=O)(=O)NCC2CCCO2)cc1. The van der Waals surface area contributed by atoms with Crippen LogP contribution in [-0.2, 0) is 14.8 Å². The van der Waals surface area contributed by atoms with Crippen LogP contribution >= 0.6 is 28.1 Å². The fourth-order valence-electron chi connectivity index (χ4n) is 3.18. The van der Waals surface area contributed by atoms with Gasteiger partial charge in [-0.3, -0.25) is 10.1 Å². The highest BCUT2D eigenvalue weighted by Crippen LogP contribution is 2.24. The summed E-state index contributed by atoms with van der Waals surface area (Å²) in [6, 6.07) is 11.2. The lowest BCUT2D eigenvalue weighted by atomic mass is 10.2. The third kappa shape index (κ3) is 7.47. The molecule has 11 heteroatoms. The minimum Gasteiger partial charge on any atom is -0.490 e. The molecule has 33 heavy (non-hydrogen) atoms. The molecular formula is C22H26BrN3O5S2. The van der Waals surface area contributed by atoms with Crippen molar-refractivity contribution in [3.8, 4) is 5.75 Å². The molecule has 1 atom stereocenters. The zero-order valence-electron chi connectivity index (χ0n) is 18.3. The van der Waals surface area contributed by atoms with E-state index in [0.29, 0.717) is 23.6 Å². The third-order valence-corrected chi connectivity index (χ3v) is 6.86. The molecule has 1 saturated heterocycles. The maximum absolute atomic E-state index is 12.7. The third-order valence-electron chi connectivity index (χ3n) is 4.72. The van der Waals surface area contributed by atoms with Gasteiger partial charge in [-0.2, -0.15) is 0 Å². The lowest BCUT2D eigenvalue weighted by molar-refractivity contribution is 0.0972. The fraction of sp³-hybridized carbons (Fsp3) is 0.364. The lowest BCUT2D eigenvalue weighted by Gasteiger charge is -2.15. The van der Waals surface area contributed by atoms with Crippen LogP contribution < -0.4 is 20.1 Å². The number of ether oxygens (including phenoxy) is 2. The number of rotatable bonds is 8. The summed E-state index contributed by atoms with van der Waals surface area (Å²) >= 11 is 8.60. The van der Waals surface area contributed by atoms with Crippen LogP contribution in [0.25, 0.3) is 0 Å². The predicted octanol–water partition coefficient (Wildman–Crippen LogP) is 3.82. The Morgan fingerprint density at radius 3 is 2.61 bits per heavy atom.